The molecule has 5 heteroatoms. The van der Waals surface area contributed by atoms with Crippen molar-refractivity contribution in [2.45, 2.75) is 26.7 Å². The van der Waals surface area contributed by atoms with Gasteiger partial charge >= 0.3 is 0 Å². The summed E-state index contributed by atoms with van der Waals surface area (Å²) in [6.07, 6.45) is 3.39. The smallest absolute Gasteiger partial charge is 0.256 e. The number of H-pyrrole nitrogens is 1. The van der Waals surface area contributed by atoms with Crippen LogP contribution in [0.25, 0.3) is 0 Å². The number of ether oxygens (including phenoxy) is 1. The number of benzene rings is 2. The molecule has 1 aromatic heterocycles. The molecule has 5 nitrogen and oxygen atoms in total. The molecule has 0 radical (unpaired) electrons. The van der Waals surface area contributed by atoms with Gasteiger partial charge < -0.3 is 15.0 Å². The molecule has 3 rings (SSSR count). The van der Waals surface area contributed by atoms with E-state index in [1.54, 1.807) is 12.3 Å². The minimum atomic E-state index is -0.139. The topological polar surface area (TPSA) is 71.2 Å². The summed E-state index contributed by atoms with van der Waals surface area (Å²) >= 11 is 0. The Hall–Kier alpha value is -3.34. The van der Waals surface area contributed by atoms with Crippen molar-refractivity contribution in [3.63, 3.8) is 0 Å². The van der Waals surface area contributed by atoms with Gasteiger partial charge in [0.2, 0.25) is 0 Å². The molecule has 0 aliphatic heterocycles. The van der Waals surface area contributed by atoms with Crippen LogP contribution in [0.5, 0.6) is 5.75 Å². The quantitative estimate of drug-likeness (QED) is 0.615. The number of hydrogen-bond acceptors (Lipinski definition) is 3. The number of amides is 1. The third kappa shape index (κ3) is 5.33. The van der Waals surface area contributed by atoms with Gasteiger partial charge in [-0.25, -0.2) is 0 Å². The summed E-state index contributed by atoms with van der Waals surface area (Å²) in [5, 5.41) is 2.84. The Bertz CT molecular complexity index is 962. The Balaban J connectivity index is 1.64. The van der Waals surface area contributed by atoms with E-state index in [2.05, 4.69) is 16.4 Å². The molecule has 1 amide bonds. The number of aryl methyl sites for hydroxylation is 3. The lowest BCUT2D eigenvalue weighted by Crippen LogP contribution is -2.12. The summed E-state index contributed by atoms with van der Waals surface area (Å²) in [7, 11) is 0. The lowest BCUT2D eigenvalue weighted by Gasteiger charge is -2.10. The van der Waals surface area contributed by atoms with Crippen LogP contribution >= 0.6 is 0 Å². The molecule has 2 aromatic carbocycles. The Kier molecular flexibility index (Phi) is 6.27. The largest absolute Gasteiger partial charge is 0.486 e. The van der Waals surface area contributed by atoms with Crippen molar-refractivity contribution in [2.75, 3.05) is 11.9 Å². The first-order valence-corrected chi connectivity index (χ1v) is 9.27. The molecule has 2 N–H and O–H groups in total. The number of carbonyl (C=O) groups is 2. The van der Waals surface area contributed by atoms with Gasteiger partial charge in [-0.1, -0.05) is 24.3 Å². The van der Waals surface area contributed by atoms with E-state index in [-0.39, 0.29) is 18.3 Å². The van der Waals surface area contributed by atoms with Crippen LogP contribution in [0.15, 0.2) is 60.8 Å². The van der Waals surface area contributed by atoms with E-state index in [9.17, 15) is 9.59 Å². The Morgan fingerprint density at radius 2 is 1.79 bits per heavy atom. The Morgan fingerprint density at radius 3 is 2.50 bits per heavy atom. The van der Waals surface area contributed by atoms with E-state index < -0.39 is 0 Å². The predicted molar refractivity (Wildman–Crippen MR) is 110 cm³/mol. The third-order valence-corrected chi connectivity index (χ3v) is 4.42. The van der Waals surface area contributed by atoms with Gasteiger partial charge in [0.05, 0.1) is 0 Å². The molecule has 0 unspecified atom stereocenters. The minimum Gasteiger partial charge on any atom is -0.486 e. The van der Waals surface area contributed by atoms with Gasteiger partial charge in [0.15, 0.2) is 5.78 Å². The molecule has 0 aliphatic carbocycles. The highest BCUT2D eigenvalue weighted by Gasteiger charge is 2.08. The van der Waals surface area contributed by atoms with Crippen LogP contribution in [0, 0.1) is 6.92 Å². The Labute approximate surface area is 164 Å². The van der Waals surface area contributed by atoms with Crippen LogP contribution in [0.3, 0.4) is 0 Å². The van der Waals surface area contributed by atoms with Crippen molar-refractivity contribution < 1.29 is 14.3 Å². The first-order valence-electron chi connectivity index (χ1n) is 9.27. The third-order valence-electron chi connectivity index (χ3n) is 4.42. The molecular weight excluding hydrogens is 352 g/mol. The SMILES string of the molecule is CC(=O)COc1cc(CCc2cccc(C(=O)Nc3ccc[nH]3)c2)ccc1C. The van der Waals surface area contributed by atoms with Crippen LogP contribution in [-0.2, 0) is 17.6 Å². The molecule has 28 heavy (non-hydrogen) atoms. The molecule has 0 aliphatic rings. The number of rotatable bonds is 8. The fraction of sp³-hybridized carbons (Fsp3) is 0.217. The van der Waals surface area contributed by atoms with E-state index in [4.69, 9.17) is 4.74 Å². The maximum Gasteiger partial charge on any atom is 0.256 e. The first-order chi connectivity index (χ1) is 13.5. The molecule has 3 aromatic rings. The highest BCUT2D eigenvalue weighted by Crippen LogP contribution is 2.21. The summed E-state index contributed by atoms with van der Waals surface area (Å²) in [6, 6.07) is 17.3. The van der Waals surface area contributed by atoms with E-state index >= 15 is 0 Å². The molecule has 1 heterocycles. The molecule has 0 saturated heterocycles. The Morgan fingerprint density at radius 1 is 1.00 bits per heavy atom. The summed E-state index contributed by atoms with van der Waals surface area (Å²) < 4.78 is 5.59. The van der Waals surface area contributed by atoms with Crippen LogP contribution in [0.1, 0.15) is 34.0 Å². The van der Waals surface area contributed by atoms with Crippen LogP contribution < -0.4 is 10.1 Å². The van der Waals surface area contributed by atoms with E-state index in [0.717, 1.165) is 35.3 Å². The van der Waals surface area contributed by atoms with Gasteiger partial charge in [0.25, 0.3) is 5.91 Å². The van der Waals surface area contributed by atoms with Crippen LogP contribution in [0.2, 0.25) is 0 Å². The summed E-state index contributed by atoms with van der Waals surface area (Å²) in [4.78, 5) is 26.5. The average Bonchev–Trinajstić information content (AvgIpc) is 3.19. The fourth-order valence-corrected chi connectivity index (χ4v) is 2.89. The van der Waals surface area contributed by atoms with Crippen LogP contribution in [0.4, 0.5) is 5.82 Å². The number of aromatic nitrogens is 1. The average molecular weight is 376 g/mol. The van der Waals surface area contributed by atoms with Crippen molar-refractivity contribution in [1.82, 2.24) is 4.98 Å². The number of carbonyl (C=O) groups excluding carboxylic acids is 2. The molecule has 0 bridgehead atoms. The van der Waals surface area contributed by atoms with Gasteiger partial charge in [0, 0.05) is 11.8 Å². The van der Waals surface area contributed by atoms with Crippen molar-refractivity contribution in [3.8, 4) is 5.75 Å². The monoisotopic (exact) mass is 376 g/mol. The summed E-state index contributed by atoms with van der Waals surface area (Å²) in [6.45, 7) is 3.56. The molecular formula is C23H24N2O3. The highest BCUT2D eigenvalue weighted by atomic mass is 16.5. The minimum absolute atomic E-state index is 0.000701. The lowest BCUT2D eigenvalue weighted by molar-refractivity contribution is -0.118. The number of ketones is 1. The van der Waals surface area contributed by atoms with Crippen molar-refractivity contribution >= 4 is 17.5 Å². The van der Waals surface area contributed by atoms with E-state index in [0.29, 0.717) is 11.4 Å². The van der Waals surface area contributed by atoms with Crippen molar-refractivity contribution in [3.05, 3.63) is 83.0 Å². The second kappa shape index (κ2) is 9.04. The van der Waals surface area contributed by atoms with E-state index in [1.807, 2.05) is 49.4 Å². The normalized spacial score (nSPS) is 10.5. The highest BCUT2D eigenvalue weighted by molar-refractivity contribution is 6.03. The van der Waals surface area contributed by atoms with Gasteiger partial charge in [-0.05, 0) is 73.7 Å². The zero-order valence-electron chi connectivity index (χ0n) is 16.1. The van der Waals surface area contributed by atoms with Crippen LogP contribution in [-0.4, -0.2) is 23.3 Å². The molecule has 0 fully saturated rings. The first kappa shape index (κ1) is 19.4. The predicted octanol–water partition coefficient (Wildman–Crippen LogP) is 4.33. The maximum absolute atomic E-state index is 12.4. The second-order valence-electron chi connectivity index (χ2n) is 6.83. The summed E-state index contributed by atoms with van der Waals surface area (Å²) in [5.74, 6) is 1.28. The van der Waals surface area contributed by atoms with Gasteiger partial charge in [-0.15, -0.1) is 0 Å². The molecule has 0 spiro atoms. The number of aromatic amines is 1. The van der Waals surface area contributed by atoms with Crippen molar-refractivity contribution in [2.24, 2.45) is 0 Å². The van der Waals surface area contributed by atoms with Gasteiger partial charge in [-0.2, -0.15) is 0 Å². The number of nitrogens with one attached hydrogen (secondary N) is 2. The zero-order chi connectivity index (χ0) is 19.9. The van der Waals surface area contributed by atoms with Crippen molar-refractivity contribution in [1.29, 1.82) is 0 Å². The summed E-state index contributed by atoms with van der Waals surface area (Å²) in [5.41, 5.74) is 3.85. The maximum atomic E-state index is 12.4. The van der Waals surface area contributed by atoms with Gasteiger partial charge in [0.1, 0.15) is 18.2 Å². The zero-order valence-corrected chi connectivity index (χ0v) is 16.1. The fourth-order valence-electron chi connectivity index (χ4n) is 2.89. The molecule has 0 saturated carbocycles. The van der Waals surface area contributed by atoms with Gasteiger partial charge in [-0.3, -0.25) is 9.59 Å². The molecule has 144 valence electrons. The molecule has 0 atom stereocenters. The number of Topliss-reactive ketones (excluding diaryl/α,β-unsaturated/α-hetero) is 1. The second-order valence-corrected chi connectivity index (χ2v) is 6.83. The number of anilines is 1. The number of hydrogen-bond donors (Lipinski definition) is 2. The standard InChI is InChI=1S/C23H24N2O3/c1-16-8-9-19(14-21(16)28-15-17(2)26)11-10-18-5-3-6-20(13-18)23(27)25-22-7-4-12-24-22/h3-9,12-14,24H,10-11,15H2,1-2H3,(H,25,27). The lowest BCUT2D eigenvalue weighted by atomic mass is 10.0. The van der Waals surface area contributed by atoms with E-state index in [1.165, 1.54) is 6.92 Å².